The molecule has 1 aliphatic rings. The first-order valence-corrected chi connectivity index (χ1v) is 4.79. The Morgan fingerprint density at radius 1 is 1.42 bits per heavy atom. The van der Waals surface area contributed by atoms with Crippen LogP contribution in [-0.4, -0.2) is 48.8 Å². The van der Waals surface area contributed by atoms with Gasteiger partial charge in [-0.2, -0.15) is 0 Å². The molecule has 0 spiro atoms. The fourth-order valence-electron chi connectivity index (χ4n) is 1.79. The Bertz CT molecular complexity index is 130. The number of nitrogens with zero attached hydrogens (tertiary/aromatic N) is 1. The summed E-state index contributed by atoms with van der Waals surface area (Å²) in [6, 6.07) is 0. The van der Waals surface area contributed by atoms with Crippen LogP contribution in [0.5, 0.6) is 0 Å². The molecule has 0 bridgehead atoms. The number of rotatable bonds is 3. The number of likely N-dealkylation sites (N-methyl/N-ethyl adjacent to an activating group) is 1. The number of hydrogen-bond acceptors (Lipinski definition) is 3. The van der Waals surface area contributed by atoms with Gasteiger partial charge in [-0.25, -0.2) is 0 Å². The molecule has 1 heterocycles. The maximum Gasteiger partial charge on any atom is 0.0795 e. The molecule has 3 nitrogen and oxygen atoms in total. The molecule has 0 radical (unpaired) electrons. The number of piperidine rings is 1. The zero-order chi connectivity index (χ0) is 9.03. The second-order valence-electron chi connectivity index (χ2n) is 3.69. The van der Waals surface area contributed by atoms with Crippen molar-refractivity contribution in [2.24, 2.45) is 0 Å². The first kappa shape index (κ1) is 9.96. The van der Waals surface area contributed by atoms with Crippen molar-refractivity contribution < 1.29 is 5.11 Å². The molecule has 0 amide bonds. The van der Waals surface area contributed by atoms with Gasteiger partial charge in [0.25, 0.3) is 0 Å². The van der Waals surface area contributed by atoms with Gasteiger partial charge in [0, 0.05) is 19.6 Å². The lowest BCUT2D eigenvalue weighted by atomic mass is 9.91. The Hall–Kier alpha value is -0.120. The van der Waals surface area contributed by atoms with Crippen LogP contribution >= 0.6 is 0 Å². The molecule has 0 unspecified atom stereocenters. The van der Waals surface area contributed by atoms with Crippen molar-refractivity contribution in [3.05, 3.63) is 0 Å². The average molecular weight is 172 g/mol. The second kappa shape index (κ2) is 4.21. The highest BCUT2D eigenvalue weighted by molar-refractivity contribution is 4.86. The van der Waals surface area contributed by atoms with E-state index in [9.17, 15) is 5.11 Å². The zero-order valence-electron chi connectivity index (χ0n) is 8.14. The maximum atomic E-state index is 10.00. The molecule has 1 fully saturated rings. The van der Waals surface area contributed by atoms with E-state index in [0.717, 1.165) is 39.0 Å². The SMILES string of the molecule is CCN1CCC(O)(CNC)CC1. The molecule has 2 N–H and O–H groups in total. The lowest BCUT2D eigenvalue weighted by Gasteiger charge is -2.37. The Balaban J connectivity index is 2.33. The summed E-state index contributed by atoms with van der Waals surface area (Å²) in [5.41, 5.74) is -0.444. The minimum absolute atomic E-state index is 0.444. The zero-order valence-corrected chi connectivity index (χ0v) is 8.14. The van der Waals surface area contributed by atoms with Crippen LogP contribution in [0, 0.1) is 0 Å². The van der Waals surface area contributed by atoms with Crippen LogP contribution in [0.4, 0.5) is 0 Å². The van der Waals surface area contributed by atoms with E-state index in [1.807, 2.05) is 7.05 Å². The number of hydrogen-bond donors (Lipinski definition) is 2. The Morgan fingerprint density at radius 3 is 2.42 bits per heavy atom. The van der Waals surface area contributed by atoms with E-state index < -0.39 is 5.60 Å². The van der Waals surface area contributed by atoms with Crippen molar-refractivity contribution in [3.8, 4) is 0 Å². The van der Waals surface area contributed by atoms with Gasteiger partial charge in [0.2, 0.25) is 0 Å². The molecular weight excluding hydrogens is 152 g/mol. The molecule has 0 aromatic rings. The molecule has 3 heteroatoms. The van der Waals surface area contributed by atoms with Gasteiger partial charge < -0.3 is 15.3 Å². The average Bonchev–Trinajstić information content (AvgIpc) is 2.06. The van der Waals surface area contributed by atoms with Crippen molar-refractivity contribution in [1.82, 2.24) is 10.2 Å². The summed E-state index contributed by atoms with van der Waals surface area (Å²) in [6.45, 7) is 6.08. The molecule has 0 atom stereocenters. The van der Waals surface area contributed by atoms with E-state index in [4.69, 9.17) is 0 Å². The van der Waals surface area contributed by atoms with E-state index >= 15 is 0 Å². The maximum absolute atomic E-state index is 10.00. The molecular formula is C9H20N2O. The summed E-state index contributed by atoms with van der Waals surface area (Å²) in [5.74, 6) is 0. The Kier molecular flexibility index (Phi) is 3.50. The second-order valence-corrected chi connectivity index (χ2v) is 3.69. The van der Waals surface area contributed by atoms with Gasteiger partial charge in [-0.15, -0.1) is 0 Å². The normalized spacial score (nSPS) is 24.2. The van der Waals surface area contributed by atoms with Crippen LogP contribution < -0.4 is 5.32 Å². The molecule has 0 aromatic heterocycles. The van der Waals surface area contributed by atoms with Gasteiger partial charge in [-0.3, -0.25) is 0 Å². The highest BCUT2D eigenvalue weighted by Crippen LogP contribution is 2.20. The molecule has 0 aromatic carbocycles. The minimum Gasteiger partial charge on any atom is -0.388 e. The van der Waals surface area contributed by atoms with E-state index in [1.54, 1.807) is 0 Å². The van der Waals surface area contributed by atoms with Crippen molar-refractivity contribution >= 4 is 0 Å². The molecule has 12 heavy (non-hydrogen) atoms. The van der Waals surface area contributed by atoms with Gasteiger partial charge in [0.15, 0.2) is 0 Å². The van der Waals surface area contributed by atoms with Crippen molar-refractivity contribution in [3.63, 3.8) is 0 Å². The summed E-state index contributed by atoms with van der Waals surface area (Å²) >= 11 is 0. The van der Waals surface area contributed by atoms with Crippen molar-refractivity contribution in [1.29, 1.82) is 0 Å². The van der Waals surface area contributed by atoms with Crippen molar-refractivity contribution in [2.75, 3.05) is 33.2 Å². The first-order valence-electron chi connectivity index (χ1n) is 4.79. The lowest BCUT2D eigenvalue weighted by Crippen LogP contribution is -2.49. The summed E-state index contributed by atoms with van der Waals surface area (Å²) in [7, 11) is 1.89. The molecule has 0 saturated carbocycles. The quantitative estimate of drug-likeness (QED) is 0.631. The van der Waals surface area contributed by atoms with Crippen LogP contribution in [0.25, 0.3) is 0 Å². The Morgan fingerprint density at radius 2 is 2.00 bits per heavy atom. The fraction of sp³-hybridized carbons (Fsp3) is 1.00. The summed E-state index contributed by atoms with van der Waals surface area (Å²) in [5, 5.41) is 13.0. The fourth-order valence-corrected chi connectivity index (χ4v) is 1.79. The highest BCUT2D eigenvalue weighted by Gasteiger charge is 2.30. The highest BCUT2D eigenvalue weighted by atomic mass is 16.3. The van der Waals surface area contributed by atoms with Crippen LogP contribution in [0.3, 0.4) is 0 Å². The molecule has 72 valence electrons. The van der Waals surface area contributed by atoms with Crippen LogP contribution in [0.2, 0.25) is 0 Å². The van der Waals surface area contributed by atoms with Gasteiger partial charge >= 0.3 is 0 Å². The number of aliphatic hydroxyl groups is 1. The minimum atomic E-state index is -0.444. The monoisotopic (exact) mass is 172 g/mol. The third-order valence-corrected chi connectivity index (χ3v) is 2.74. The van der Waals surface area contributed by atoms with Crippen LogP contribution in [-0.2, 0) is 0 Å². The smallest absolute Gasteiger partial charge is 0.0795 e. The predicted molar refractivity (Wildman–Crippen MR) is 50.2 cm³/mol. The van der Waals surface area contributed by atoms with E-state index in [2.05, 4.69) is 17.1 Å². The lowest BCUT2D eigenvalue weighted by molar-refractivity contribution is -0.0173. The van der Waals surface area contributed by atoms with E-state index in [1.165, 1.54) is 0 Å². The molecule has 1 aliphatic heterocycles. The summed E-state index contributed by atoms with van der Waals surface area (Å²) in [6.07, 6.45) is 1.81. The van der Waals surface area contributed by atoms with Crippen molar-refractivity contribution in [2.45, 2.75) is 25.4 Å². The predicted octanol–water partition coefficient (Wildman–Crippen LogP) is 0.0526. The standard InChI is InChI=1S/C9H20N2O/c1-3-11-6-4-9(12,5-7-11)8-10-2/h10,12H,3-8H2,1-2H3. The first-order chi connectivity index (χ1) is 5.70. The summed E-state index contributed by atoms with van der Waals surface area (Å²) in [4.78, 5) is 2.38. The van der Waals surface area contributed by atoms with Crippen LogP contribution in [0.15, 0.2) is 0 Å². The van der Waals surface area contributed by atoms with Crippen LogP contribution in [0.1, 0.15) is 19.8 Å². The Labute approximate surface area is 74.8 Å². The van der Waals surface area contributed by atoms with E-state index in [0.29, 0.717) is 0 Å². The van der Waals surface area contributed by atoms with Gasteiger partial charge in [0.1, 0.15) is 0 Å². The largest absolute Gasteiger partial charge is 0.388 e. The molecule has 1 saturated heterocycles. The molecule has 0 aliphatic carbocycles. The van der Waals surface area contributed by atoms with E-state index in [-0.39, 0.29) is 0 Å². The third-order valence-electron chi connectivity index (χ3n) is 2.74. The van der Waals surface area contributed by atoms with Gasteiger partial charge in [0.05, 0.1) is 5.60 Å². The molecule has 1 rings (SSSR count). The number of likely N-dealkylation sites (tertiary alicyclic amines) is 1. The van der Waals surface area contributed by atoms with Gasteiger partial charge in [-0.05, 0) is 26.4 Å². The van der Waals surface area contributed by atoms with Gasteiger partial charge in [-0.1, -0.05) is 6.92 Å². The summed E-state index contributed by atoms with van der Waals surface area (Å²) < 4.78 is 0. The third kappa shape index (κ3) is 2.44. The topological polar surface area (TPSA) is 35.5 Å². The number of nitrogens with one attached hydrogen (secondary N) is 1.